The van der Waals surface area contributed by atoms with Crippen LogP contribution in [0.25, 0.3) is 0 Å². The highest BCUT2D eigenvalue weighted by Crippen LogP contribution is 2.27. The molecule has 5 nitrogen and oxygen atoms in total. The van der Waals surface area contributed by atoms with E-state index in [1.807, 2.05) is 18.7 Å². The largest absolute Gasteiger partial charge is 0.335 e. The second-order valence-electron chi connectivity index (χ2n) is 10.1. The van der Waals surface area contributed by atoms with Gasteiger partial charge in [0.25, 0.3) is 0 Å². The van der Waals surface area contributed by atoms with Gasteiger partial charge >= 0.3 is 0 Å². The van der Waals surface area contributed by atoms with Crippen LogP contribution in [0.3, 0.4) is 0 Å². The van der Waals surface area contributed by atoms with Crippen LogP contribution in [0.5, 0.6) is 0 Å². The van der Waals surface area contributed by atoms with Crippen molar-refractivity contribution in [2.24, 2.45) is 5.92 Å². The lowest BCUT2D eigenvalue weighted by atomic mass is 9.85. The van der Waals surface area contributed by atoms with Crippen LogP contribution in [0.4, 0.5) is 0 Å². The first-order chi connectivity index (χ1) is 13.9. The molecule has 0 radical (unpaired) electrons. The average molecular weight is 437 g/mol. The standard InChI is InChI=1S/C24H40N2O3S/c1-8-18(4)26(21-13-14-30(28,29)16-21)22(27)15-25-23(17(2)3)19-9-11-20(12-10-19)24(5,6)7/h9-12,17-18,21,23,25H,8,13-16H2,1-7H3. The van der Waals surface area contributed by atoms with Crippen molar-refractivity contribution in [1.29, 1.82) is 0 Å². The van der Waals surface area contributed by atoms with Gasteiger partial charge in [-0.25, -0.2) is 8.42 Å². The molecule has 0 saturated carbocycles. The molecule has 1 aromatic rings. The smallest absolute Gasteiger partial charge is 0.237 e. The lowest BCUT2D eigenvalue weighted by Crippen LogP contribution is -2.50. The van der Waals surface area contributed by atoms with Crippen molar-refractivity contribution in [2.45, 2.75) is 84.8 Å². The number of amides is 1. The van der Waals surface area contributed by atoms with E-state index < -0.39 is 9.84 Å². The van der Waals surface area contributed by atoms with Crippen LogP contribution >= 0.6 is 0 Å². The number of hydrogen-bond donors (Lipinski definition) is 1. The Kier molecular flexibility index (Phi) is 8.14. The Hall–Kier alpha value is -1.40. The van der Waals surface area contributed by atoms with Crippen LogP contribution in [0, 0.1) is 5.92 Å². The zero-order chi connectivity index (χ0) is 22.7. The molecule has 1 fully saturated rings. The molecule has 0 aromatic heterocycles. The number of nitrogens with one attached hydrogen (secondary N) is 1. The second kappa shape index (κ2) is 9.82. The van der Waals surface area contributed by atoms with Crippen molar-refractivity contribution in [2.75, 3.05) is 18.1 Å². The highest BCUT2D eigenvalue weighted by atomic mass is 32.2. The summed E-state index contributed by atoms with van der Waals surface area (Å²) in [5.74, 6) is 0.580. The first-order valence-corrected chi connectivity index (χ1v) is 13.0. The fourth-order valence-corrected chi connectivity index (χ4v) is 5.93. The highest BCUT2D eigenvalue weighted by molar-refractivity contribution is 7.91. The van der Waals surface area contributed by atoms with Crippen molar-refractivity contribution >= 4 is 15.7 Å². The van der Waals surface area contributed by atoms with Crippen molar-refractivity contribution in [1.82, 2.24) is 10.2 Å². The fraction of sp³-hybridized carbons (Fsp3) is 0.708. The minimum absolute atomic E-state index is 0.0107. The number of sulfone groups is 1. The van der Waals surface area contributed by atoms with Crippen LogP contribution in [0.15, 0.2) is 24.3 Å². The quantitative estimate of drug-likeness (QED) is 0.667. The van der Waals surface area contributed by atoms with Gasteiger partial charge in [-0.3, -0.25) is 4.79 Å². The van der Waals surface area contributed by atoms with Crippen molar-refractivity contribution < 1.29 is 13.2 Å². The van der Waals surface area contributed by atoms with Crippen molar-refractivity contribution in [3.8, 4) is 0 Å². The normalized spacial score (nSPS) is 20.9. The molecule has 3 atom stereocenters. The third kappa shape index (κ3) is 6.30. The predicted molar refractivity (Wildman–Crippen MR) is 124 cm³/mol. The van der Waals surface area contributed by atoms with E-state index in [1.165, 1.54) is 11.1 Å². The number of rotatable bonds is 8. The van der Waals surface area contributed by atoms with E-state index in [1.54, 1.807) is 0 Å². The summed E-state index contributed by atoms with van der Waals surface area (Å²) < 4.78 is 23.9. The number of hydrogen-bond acceptors (Lipinski definition) is 4. The molecule has 1 aliphatic heterocycles. The van der Waals surface area contributed by atoms with Gasteiger partial charge in [-0.1, -0.05) is 65.8 Å². The van der Waals surface area contributed by atoms with E-state index in [-0.39, 0.29) is 47.5 Å². The lowest BCUT2D eigenvalue weighted by molar-refractivity contribution is -0.134. The van der Waals surface area contributed by atoms with E-state index in [0.717, 1.165) is 6.42 Å². The maximum Gasteiger partial charge on any atom is 0.237 e. The average Bonchev–Trinajstić information content (AvgIpc) is 3.00. The molecule has 3 unspecified atom stereocenters. The maximum absolute atomic E-state index is 13.2. The minimum atomic E-state index is -3.03. The molecule has 0 bridgehead atoms. The molecule has 1 saturated heterocycles. The van der Waals surface area contributed by atoms with E-state index >= 15 is 0 Å². The van der Waals surface area contributed by atoms with Gasteiger partial charge in [0, 0.05) is 18.1 Å². The molecule has 2 rings (SSSR count). The van der Waals surface area contributed by atoms with Crippen LogP contribution in [0.2, 0.25) is 0 Å². The summed E-state index contributed by atoms with van der Waals surface area (Å²) in [5.41, 5.74) is 2.56. The van der Waals surface area contributed by atoms with Gasteiger partial charge in [-0.05, 0) is 42.2 Å². The topological polar surface area (TPSA) is 66.5 Å². The first kappa shape index (κ1) is 24.9. The molecule has 1 N–H and O–H groups in total. The third-order valence-corrected chi connectivity index (χ3v) is 7.98. The Morgan fingerprint density at radius 3 is 2.20 bits per heavy atom. The van der Waals surface area contributed by atoms with E-state index in [0.29, 0.717) is 12.3 Å². The van der Waals surface area contributed by atoms with E-state index in [2.05, 4.69) is 64.2 Å². The summed E-state index contributed by atoms with van der Waals surface area (Å²) in [7, 11) is -3.03. The molecule has 0 spiro atoms. The Morgan fingerprint density at radius 1 is 1.17 bits per heavy atom. The predicted octanol–water partition coefficient (Wildman–Crippen LogP) is 4.09. The monoisotopic (exact) mass is 436 g/mol. The molecule has 30 heavy (non-hydrogen) atoms. The molecule has 0 aliphatic carbocycles. The summed E-state index contributed by atoms with van der Waals surface area (Å²) in [6, 6.07) is 8.53. The van der Waals surface area contributed by atoms with Gasteiger partial charge in [-0.2, -0.15) is 0 Å². The number of nitrogens with zero attached hydrogens (tertiary/aromatic N) is 1. The van der Waals surface area contributed by atoms with Crippen LogP contribution < -0.4 is 5.32 Å². The fourth-order valence-electron chi connectivity index (χ4n) is 4.22. The van der Waals surface area contributed by atoms with Crippen LogP contribution in [-0.2, 0) is 20.0 Å². The summed E-state index contributed by atoms with van der Waals surface area (Å²) >= 11 is 0. The SMILES string of the molecule is CCC(C)N(C(=O)CNC(c1ccc(C(C)(C)C)cc1)C(C)C)C1CCS(=O)(=O)C1. The molecule has 170 valence electrons. The summed E-state index contributed by atoms with van der Waals surface area (Å²) in [4.78, 5) is 15.0. The zero-order valence-electron chi connectivity index (χ0n) is 19.7. The molecule has 1 heterocycles. The zero-order valence-corrected chi connectivity index (χ0v) is 20.6. The maximum atomic E-state index is 13.2. The first-order valence-electron chi connectivity index (χ1n) is 11.2. The Bertz CT molecular complexity index is 810. The van der Waals surface area contributed by atoms with E-state index in [9.17, 15) is 13.2 Å². The van der Waals surface area contributed by atoms with Gasteiger partial charge in [0.2, 0.25) is 5.91 Å². The van der Waals surface area contributed by atoms with Gasteiger partial charge in [0.15, 0.2) is 9.84 Å². The number of benzene rings is 1. The summed E-state index contributed by atoms with van der Waals surface area (Å²) in [6.07, 6.45) is 1.35. The Morgan fingerprint density at radius 2 is 1.77 bits per heavy atom. The second-order valence-corrected chi connectivity index (χ2v) is 12.3. The Balaban J connectivity index is 2.12. The molecule has 1 amide bonds. The van der Waals surface area contributed by atoms with Gasteiger partial charge < -0.3 is 10.2 Å². The highest BCUT2D eigenvalue weighted by Gasteiger charge is 2.36. The lowest BCUT2D eigenvalue weighted by Gasteiger charge is -2.34. The summed E-state index contributed by atoms with van der Waals surface area (Å²) in [5, 5.41) is 3.46. The van der Waals surface area contributed by atoms with Crippen molar-refractivity contribution in [3.05, 3.63) is 35.4 Å². The summed E-state index contributed by atoms with van der Waals surface area (Å²) in [6.45, 7) is 15.2. The van der Waals surface area contributed by atoms with Gasteiger partial charge in [0.05, 0.1) is 18.1 Å². The molecule has 1 aromatic carbocycles. The van der Waals surface area contributed by atoms with Crippen LogP contribution in [-0.4, -0.2) is 49.4 Å². The van der Waals surface area contributed by atoms with Crippen molar-refractivity contribution in [3.63, 3.8) is 0 Å². The molecular weight excluding hydrogens is 396 g/mol. The number of carbonyl (C=O) groups excluding carboxylic acids is 1. The molecular formula is C24H40N2O3S. The third-order valence-electron chi connectivity index (χ3n) is 6.23. The molecule has 6 heteroatoms. The van der Waals surface area contributed by atoms with Crippen LogP contribution in [0.1, 0.15) is 78.5 Å². The van der Waals surface area contributed by atoms with Gasteiger partial charge in [-0.15, -0.1) is 0 Å². The van der Waals surface area contributed by atoms with E-state index in [4.69, 9.17) is 0 Å². The minimum Gasteiger partial charge on any atom is -0.335 e. The number of carbonyl (C=O) groups is 1. The Labute approximate surface area is 183 Å². The van der Waals surface area contributed by atoms with Gasteiger partial charge in [0.1, 0.15) is 0 Å². The molecule has 1 aliphatic rings.